The van der Waals surface area contributed by atoms with Crippen LogP contribution in [0.2, 0.25) is 0 Å². The van der Waals surface area contributed by atoms with Crippen molar-refractivity contribution in [3.8, 4) is 0 Å². The number of nitrogens with one attached hydrogen (secondary N) is 2. The SMILES string of the molecule is O=C1NC(=O)C(=Cc2ccccc2N2CCN(C(=O)c3ccc(CN4CCNCC4)cc3)CC2)S1. The summed E-state index contributed by atoms with van der Waals surface area (Å²) in [5, 5.41) is 5.32. The van der Waals surface area contributed by atoms with Crippen LogP contribution in [0.5, 0.6) is 0 Å². The van der Waals surface area contributed by atoms with Crippen molar-refractivity contribution >= 4 is 40.6 Å². The van der Waals surface area contributed by atoms with E-state index in [1.807, 2.05) is 41.3 Å². The fourth-order valence-electron chi connectivity index (χ4n) is 4.67. The molecule has 2 aromatic rings. The first-order valence-electron chi connectivity index (χ1n) is 12.0. The fourth-order valence-corrected chi connectivity index (χ4v) is 5.35. The van der Waals surface area contributed by atoms with Gasteiger partial charge in [0.1, 0.15) is 0 Å². The molecule has 0 atom stereocenters. The molecule has 0 saturated carbocycles. The van der Waals surface area contributed by atoms with E-state index in [-0.39, 0.29) is 17.1 Å². The van der Waals surface area contributed by atoms with Gasteiger partial charge in [0.05, 0.1) is 4.91 Å². The third-order valence-corrected chi connectivity index (χ3v) is 7.40. The lowest BCUT2D eigenvalue weighted by Crippen LogP contribution is -2.49. The summed E-state index contributed by atoms with van der Waals surface area (Å²) in [6.07, 6.45) is 1.76. The highest BCUT2D eigenvalue weighted by molar-refractivity contribution is 8.18. The number of imide groups is 1. The van der Waals surface area contributed by atoms with Crippen molar-refractivity contribution in [1.82, 2.24) is 20.4 Å². The third kappa shape index (κ3) is 5.58. The maximum atomic E-state index is 13.1. The minimum absolute atomic E-state index is 0.0614. The monoisotopic (exact) mass is 491 g/mol. The summed E-state index contributed by atoms with van der Waals surface area (Å²) >= 11 is 0.921. The number of carbonyl (C=O) groups is 3. The van der Waals surface area contributed by atoms with Crippen LogP contribution < -0.4 is 15.5 Å². The second-order valence-corrected chi connectivity index (χ2v) is 9.93. The van der Waals surface area contributed by atoms with E-state index < -0.39 is 0 Å². The zero-order chi connectivity index (χ0) is 24.2. The van der Waals surface area contributed by atoms with Gasteiger partial charge in [0, 0.05) is 70.2 Å². The van der Waals surface area contributed by atoms with Gasteiger partial charge < -0.3 is 15.1 Å². The zero-order valence-corrected chi connectivity index (χ0v) is 20.4. The zero-order valence-electron chi connectivity index (χ0n) is 19.5. The summed E-state index contributed by atoms with van der Waals surface area (Å²) < 4.78 is 0. The Bertz CT molecular complexity index is 1140. The first-order valence-corrected chi connectivity index (χ1v) is 12.8. The van der Waals surface area contributed by atoms with Gasteiger partial charge in [0.2, 0.25) is 0 Å². The van der Waals surface area contributed by atoms with Crippen LogP contribution in [0, 0.1) is 0 Å². The molecule has 35 heavy (non-hydrogen) atoms. The molecule has 3 aliphatic rings. The molecular weight excluding hydrogens is 462 g/mol. The average Bonchev–Trinajstić information content (AvgIpc) is 3.21. The predicted octanol–water partition coefficient (Wildman–Crippen LogP) is 2.38. The van der Waals surface area contributed by atoms with Gasteiger partial charge in [0.25, 0.3) is 17.1 Å². The number of hydrogen-bond acceptors (Lipinski definition) is 7. The standard InChI is InChI=1S/C26H29N5O3S/c32-24-23(35-26(34)28-24)17-21-3-1-2-4-22(21)30-13-15-31(16-14-30)25(33)20-7-5-19(6-8-20)18-29-11-9-27-10-12-29/h1-8,17,27H,9-16,18H2,(H,28,32,34). The van der Waals surface area contributed by atoms with Gasteiger partial charge in [-0.05, 0) is 47.2 Å². The number of anilines is 1. The summed E-state index contributed by atoms with van der Waals surface area (Å²) in [6, 6.07) is 15.9. The molecule has 3 amide bonds. The van der Waals surface area contributed by atoms with E-state index in [0.717, 1.165) is 61.3 Å². The largest absolute Gasteiger partial charge is 0.367 e. The lowest BCUT2D eigenvalue weighted by atomic mass is 10.1. The molecule has 0 spiro atoms. The summed E-state index contributed by atoms with van der Waals surface area (Å²) in [5.41, 5.74) is 3.84. The van der Waals surface area contributed by atoms with E-state index in [2.05, 4.69) is 32.6 Å². The molecule has 8 nitrogen and oxygen atoms in total. The second-order valence-electron chi connectivity index (χ2n) is 8.91. The van der Waals surface area contributed by atoms with E-state index >= 15 is 0 Å². The molecule has 3 saturated heterocycles. The normalized spacial score (nSPS) is 20.4. The van der Waals surface area contributed by atoms with Gasteiger partial charge in [-0.15, -0.1) is 0 Å². The van der Waals surface area contributed by atoms with Crippen LogP contribution in [0.15, 0.2) is 53.4 Å². The van der Waals surface area contributed by atoms with Crippen LogP contribution in [0.3, 0.4) is 0 Å². The number of para-hydroxylation sites is 1. The topological polar surface area (TPSA) is 85.0 Å². The third-order valence-electron chi connectivity index (χ3n) is 6.59. The molecular formula is C26H29N5O3S. The van der Waals surface area contributed by atoms with Crippen LogP contribution in [-0.4, -0.2) is 79.2 Å². The van der Waals surface area contributed by atoms with Crippen molar-refractivity contribution in [2.45, 2.75) is 6.54 Å². The molecule has 182 valence electrons. The van der Waals surface area contributed by atoms with Gasteiger partial charge in [-0.2, -0.15) is 0 Å². The molecule has 0 radical (unpaired) electrons. The van der Waals surface area contributed by atoms with Crippen LogP contribution >= 0.6 is 11.8 Å². The van der Waals surface area contributed by atoms with E-state index in [1.165, 1.54) is 5.56 Å². The Labute approximate surface area is 209 Å². The molecule has 3 fully saturated rings. The van der Waals surface area contributed by atoms with Crippen molar-refractivity contribution < 1.29 is 14.4 Å². The van der Waals surface area contributed by atoms with Gasteiger partial charge in [0.15, 0.2) is 0 Å². The van der Waals surface area contributed by atoms with Crippen LogP contribution in [0.25, 0.3) is 6.08 Å². The van der Waals surface area contributed by atoms with Crippen LogP contribution in [0.1, 0.15) is 21.5 Å². The number of carbonyl (C=O) groups excluding carboxylic acids is 3. The van der Waals surface area contributed by atoms with E-state index in [4.69, 9.17) is 0 Å². The maximum absolute atomic E-state index is 13.1. The fraction of sp³-hybridized carbons (Fsp3) is 0.346. The first-order chi connectivity index (χ1) is 17.1. The van der Waals surface area contributed by atoms with Crippen molar-refractivity contribution in [3.05, 3.63) is 70.1 Å². The number of thioether (sulfide) groups is 1. The maximum Gasteiger partial charge on any atom is 0.290 e. The van der Waals surface area contributed by atoms with Crippen LogP contribution in [0.4, 0.5) is 10.5 Å². The molecule has 2 aromatic carbocycles. The average molecular weight is 492 g/mol. The van der Waals surface area contributed by atoms with Crippen LogP contribution in [-0.2, 0) is 11.3 Å². The van der Waals surface area contributed by atoms with Crippen molar-refractivity contribution in [2.75, 3.05) is 57.3 Å². The smallest absolute Gasteiger partial charge is 0.290 e. The lowest BCUT2D eigenvalue weighted by Gasteiger charge is -2.37. The molecule has 0 aliphatic carbocycles. The summed E-state index contributed by atoms with van der Waals surface area (Å²) in [5.74, 6) is -0.296. The van der Waals surface area contributed by atoms with Crippen molar-refractivity contribution in [2.24, 2.45) is 0 Å². The number of rotatable bonds is 5. The Morgan fingerprint density at radius 1 is 0.914 bits per heavy atom. The van der Waals surface area contributed by atoms with E-state index in [0.29, 0.717) is 31.1 Å². The number of nitrogens with zero attached hydrogens (tertiary/aromatic N) is 3. The highest BCUT2D eigenvalue weighted by Gasteiger charge is 2.27. The quantitative estimate of drug-likeness (QED) is 0.622. The Morgan fingerprint density at radius 3 is 2.31 bits per heavy atom. The van der Waals surface area contributed by atoms with Crippen molar-refractivity contribution in [3.63, 3.8) is 0 Å². The van der Waals surface area contributed by atoms with Gasteiger partial charge in [-0.1, -0.05) is 30.3 Å². The molecule has 0 bridgehead atoms. The Morgan fingerprint density at radius 2 is 1.63 bits per heavy atom. The molecule has 0 unspecified atom stereocenters. The highest BCUT2D eigenvalue weighted by Crippen LogP contribution is 2.30. The molecule has 2 N–H and O–H groups in total. The van der Waals surface area contributed by atoms with E-state index in [1.54, 1.807) is 6.08 Å². The van der Waals surface area contributed by atoms with Gasteiger partial charge >= 0.3 is 0 Å². The molecule has 3 aliphatic heterocycles. The van der Waals surface area contributed by atoms with Crippen molar-refractivity contribution in [1.29, 1.82) is 0 Å². The molecule has 9 heteroatoms. The minimum atomic E-state index is -0.357. The highest BCUT2D eigenvalue weighted by atomic mass is 32.2. The summed E-state index contributed by atoms with van der Waals surface area (Å²) in [4.78, 5) is 43.5. The first kappa shape index (κ1) is 23.6. The summed E-state index contributed by atoms with van der Waals surface area (Å²) in [7, 11) is 0. The Hall–Kier alpha value is -3.14. The van der Waals surface area contributed by atoms with Gasteiger partial charge in [-0.3, -0.25) is 24.6 Å². The number of hydrogen-bond donors (Lipinski definition) is 2. The lowest BCUT2D eigenvalue weighted by molar-refractivity contribution is -0.115. The molecule has 3 heterocycles. The molecule has 0 aromatic heterocycles. The molecule has 5 rings (SSSR count). The second kappa shape index (κ2) is 10.6. The van der Waals surface area contributed by atoms with Gasteiger partial charge in [-0.25, -0.2) is 0 Å². The van der Waals surface area contributed by atoms with E-state index in [9.17, 15) is 14.4 Å². The Balaban J connectivity index is 1.20. The Kier molecular flexibility index (Phi) is 7.17. The number of amides is 3. The minimum Gasteiger partial charge on any atom is -0.367 e. The summed E-state index contributed by atoms with van der Waals surface area (Å²) in [6.45, 7) is 7.72. The number of benzene rings is 2. The predicted molar refractivity (Wildman–Crippen MR) is 138 cm³/mol. The number of piperazine rings is 2.